The molecule has 0 amide bonds. The molecule has 0 radical (unpaired) electrons. The molecule has 0 N–H and O–H groups in total. The molecule has 0 atom stereocenters. The predicted octanol–water partition coefficient (Wildman–Crippen LogP) is 4.69. The van der Waals surface area contributed by atoms with Crippen molar-refractivity contribution in [2.45, 2.75) is 13.1 Å². The van der Waals surface area contributed by atoms with Crippen LogP contribution in [-0.2, 0) is 10.9 Å². The number of alkyl halides is 3. The first-order valence-corrected chi connectivity index (χ1v) is 8.80. The van der Waals surface area contributed by atoms with Crippen LogP contribution in [0.1, 0.15) is 34.4 Å². The largest absolute Gasteiger partial charge is 0.461 e. The standard InChI is InChI=1S/C18H14F3N3O2S/c1-2-26-16(25)14-11-27-17(22-14)24-15(18(19,20)21)10-13(23-24)9-8-12-6-4-3-5-7-12/h3-11H,2H2,1H3/b9-8-. The van der Waals surface area contributed by atoms with E-state index in [1.165, 1.54) is 11.5 Å². The van der Waals surface area contributed by atoms with Crippen molar-refractivity contribution in [3.63, 3.8) is 0 Å². The fraction of sp³-hybridized carbons (Fsp3) is 0.167. The molecule has 0 saturated heterocycles. The van der Waals surface area contributed by atoms with Crippen LogP contribution >= 0.6 is 11.3 Å². The van der Waals surface area contributed by atoms with Crippen molar-refractivity contribution in [2.75, 3.05) is 6.61 Å². The second kappa shape index (κ2) is 7.75. The minimum atomic E-state index is -4.62. The summed E-state index contributed by atoms with van der Waals surface area (Å²) in [6.45, 7) is 1.78. The fourth-order valence-electron chi connectivity index (χ4n) is 2.23. The van der Waals surface area contributed by atoms with E-state index < -0.39 is 17.8 Å². The Morgan fingerprint density at radius 2 is 2.00 bits per heavy atom. The van der Waals surface area contributed by atoms with E-state index in [4.69, 9.17) is 4.74 Å². The van der Waals surface area contributed by atoms with Crippen molar-refractivity contribution < 1.29 is 22.7 Å². The Hall–Kier alpha value is -2.94. The van der Waals surface area contributed by atoms with Crippen LogP contribution in [0.3, 0.4) is 0 Å². The molecule has 2 aromatic heterocycles. The Labute approximate surface area is 156 Å². The van der Waals surface area contributed by atoms with E-state index in [9.17, 15) is 18.0 Å². The number of aromatic nitrogens is 3. The maximum atomic E-state index is 13.4. The molecule has 0 bridgehead atoms. The van der Waals surface area contributed by atoms with Crippen LogP contribution in [0.5, 0.6) is 0 Å². The summed E-state index contributed by atoms with van der Waals surface area (Å²) in [5.74, 6) is -0.690. The van der Waals surface area contributed by atoms with Crippen LogP contribution in [0.15, 0.2) is 41.8 Å². The van der Waals surface area contributed by atoms with Crippen LogP contribution < -0.4 is 0 Å². The number of esters is 1. The monoisotopic (exact) mass is 393 g/mol. The third kappa shape index (κ3) is 4.43. The zero-order valence-corrected chi connectivity index (χ0v) is 14.9. The molecule has 2 heterocycles. The van der Waals surface area contributed by atoms with E-state index in [1.54, 1.807) is 13.0 Å². The lowest BCUT2D eigenvalue weighted by molar-refractivity contribution is -0.142. The van der Waals surface area contributed by atoms with Crippen LogP contribution in [0.25, 0.3) is 17.3 Å². The van der Waals surface area contributed by atoms with Crippen molar-refractivity contribution in [1.29, 1.82) is 0 Å². The fourth-order valence-corrected chi connectivity index (χ4v) is 2.99. The van der Waals surface area contributed by atoms with Crippen LogP contribution in [0, 0.1) is 0 Å². The number of nitrogens with zero attached hydrogens (tertiary/aromatic N) is 3. The molecule has 3 aromatic rings. The molecule has 0 fully saturated rings. The van der Waals surface area contributed by atoms with Gasteiger partial charge in [-0.3, -0.25) is 0 Å². The Morgan fingerprint density at radius 1 is 1.26 bits per heavy atom. The second-order valence-electron chi connectivity index (χ2n) is 5.34. The van der Waals surface area contributed by atoms with Crippen LogP contribution in [0.4, 0.5) is 13.2 Å². The van der Waals surface area contributed by atoms with Gasteiger partial charge in [-0.15, -0.1) is 11.3 Å². The summed E-state index contributed by atoms with van der Waals surface area (Å²) in [4.78, 5) is 15.6. The Morgan fingerprint density at radius 3 is 2.67 bits per heavy atom. The average Bonchev–Trinajstić information content (AvgIpc) is 3.28. The summed E-state index contributed by atoms with van der Waals surface area (Å²) < 4.78 is 45.7. The number of halogens is 3. The average molecular weight is 393 g/mol. The number of carbonyl (C=O) groups is 1. The van der Waals surface area contributed by atoms with Gasteiger partial charge in [-0.25, -0.2) is 14.5 Å². The highest BCUT2D eigenvalue weighted by atomic mass is 32.1. The topological polar surface area (TPSA) is 57.0 Å². The summed E-state index contributed by atoms with van der Waals surface area (Å²) in [6.07, 6.45) is -1.47. The van der Waals surface area contributed by atoms with Gasteiger partial charge in [0, 0.05) is 5.38 Å². The molecule has 0 saturated carbocycles. The van der Waals surface area contributed by atoms with Crippen molar-refractivity contribution >= 4 is 29.5 Å². The van der Waals surface area contributed by atoms with Gasteiger partial charge in [-0.2, -0.15) is 18.3 Å². The maximum Gasteiger partial charge on any atom is 0.433 e. The second-order valence-corrected chi connectivity index (χ2v) is 6.18. The van der Waals surface area contributed by atoms with E-state index >= 15 is 0 Å². The Bertz CT molecular complexity index is 962. The normalized spacial score (nSPS) is 11.9. The van der Waals surface area contributed by atoms with Crippen LogP contribution in [0.2, 0.25) is 0 Å². The SMILES string of the molecule is CCOC(=O)c1csc(-n2nc(/C=C\c3ccccc3)cc2C(F)(F)F)n1. The zero-order chi connectivity index (χ0) is 19.4. The molecular weight excluding hydrogens is 379 g/mol. The van der Waals surface area contributed by atoms with Gasteiger partial charge in [0.05, 0.1) is 12.3 Å². The maximum absolute atomic E-state index is 13.4. The highest BCUT2D eigenvalue weighted by molar-refractivity contribution is 7.12. The smallest absolute Gasteiger partial charge is 0.433 e. The molecule has 5 nitrogen and oxygen atoms in total. The first kappa shape index (κ1) is 18.8. The van der Waals surface area contributed by atoms with Gasteiger partial charge in [-0.05, 0) is 24.6 Å². The summed E-state index contributed by atoms with van der Waals surface area (Å²) in [7, 11) is 0. The number of thiazole rings is 1. The van der Waals surface area contributed by atoms with Gasteiger partial charge >= 0.3 is 12.1 Å². The summed E-state index contributed by atoms with van der Waals surface area (Å²) in [6, 6.07) is 10.1. The molecule has 0 aliphatic carbocycles. The molecule has 140 valence electrons. The van der Waals surface area contributed by atoms with Crippen molar-refractivity contribution in [3.05, 3.63) is 64.4 Å². The van der Waals surface area contributed by atoms with E-state index in [0.717, 1.165) is 23.0 Å². The number of ether oxygens (including phenoxy) is 1. The molecule has 0 unspecified atom stereocenters. The van der Waals surface area contributed by atoms with Crippen molar-refractivity contribution in [3.8, 4) is 5.13 Å². The lowest BCUT2D eigenvalue weighted by atomic mass is 10.2. The Kier molecular flexibility index (Phi) is 5.41. The molecule has 1 aromatic carbocycles. The molecule has 0 aliphatic rings. The molecule has 9 heteroatoms. The van der Waals surface area contributed by atoms with Gasteiger partial charge in [0.25, 0.3) is 0 Å². The first-order valence-electron chi connectivity index (χ1n) is 7.92. The van der Waals surface area contributed by atoms with Crippen molar-refractivity contribution in [2.24, 2.45) is 0 Å². The minimum Gasteiger partial charge on any atom is -0.461 e. The van der Waals surface area contributed by atoms with E-state index in [2.05, 4.69) is 10.1 Å². The highest BCUT2D eigenvalue weighted by Gasteiger charge is 2.37. The summed E-state index contributed by atoms with van der Waals surface area (Å²) in [5.41, 5.74) is -0.0691. The molecule has 3 rings (SSSR count). The first-order chi connectivity index (χ1) is 12.9. The zero-order valence-electron chi connectivity index (χ0n) is 14.1. The molecule has 0 aliphatic heterocycles. The lowest BCUT2D eigenvalue weighted by Gasteiger charge is -2.06. The van der Waals surface area contributed by atoms with E-state index in [0.29, 0.717) is 4.68 Å². The van der Waals surface area contributed by atoms with Gasteiger partial charge < -0.3 is 4.74 Å². The van der Waals surface area contributed by atoms with E-state index in [1.807, 2.05) is 30.3 Å². The van der Waals surface area contributed by atoms with Gasteiger partial charge in [0.1, 0.15) is 0 Å². The van der Waals surface area contributed by atoms with Crippen molar-refractivity contribution in [1.82, 2.24) is 14.8 Å². The van der Waals surface area contributed by atoms with Crippen LogP contribution in [-0.4, -0.2) is 27.3 Å². The summed E-state index contributed by atoms with van der Waals surface area (Å²) in [5, 5.41) is 5.26. The third-order valence-electron chi connectivity index (χ3n) is 3.42. The number of hydrogen-bond donors (Lipinski definition) is 0. The van der Waals surface area contributed by atoms with Gasteiger partial charge in [-0.1, -0.05) is 36.4 Å². The number of benzene rings is 1. The highest BCUT2D eigenvalue weighted by Crippen LogP contribution is 2.32. The minimum absolute atomic E-state index is 0.0538. The van der Waals surface area contributed by atoms with E-state index in [-0.39, 0.29) is 23.1 Å². The molecule has 0 spiro atoms. The predicted molar refractivity (Wildman–Crippen MR) is 95.6 cm³/mol. The quantitative estimate of drug-likeness (QED) is 0.590. The number of rotatable bonds is 5. The van der Waals surface area contributed by atoms with Gasteiger partial charge in [0.15, 0.2) is 11.4 Å². The molecule has 27 heavy (non-hydrogen) atoms. The van der Waals surface area contributed by atoms with Gasteiger partial charge in [0.2, 0.25) is 5.13 Å². The number of hydrogen-bond acceptors (Lipinski definition) is 5. The molecular formula is C18H14F3N3O2S. The third-order valence-corrected chi connectivity index (χ3v) is 4.24. The lowest BCUT2D eigenvalue weighted by Crippen LogP contribution is -2.13. The number of carbonyl (C=O) groups excluding carboxylic acids is 1. The Balaban J connectivity index is 1.96. The summed E-state index contributed by atoms with van der Waals surface area (Å²) >= 11 is 0.879.